The molecule has 0 aliphatic carbocycles. The van der Waals surface area contributed by atoms with E-state index in [0.29, 0.717) is 27.8 Å². The van der Waals surface area contributed by atoms with Crippen molar-refractivity contribution in [3.05, 3.63) is 66.1 Å². The number of hydrogen-bond donors (Lipinski definition) is 2. The Bertz CT molecular complexity index is 833. The van der Waals surface area contributed by atoms with Crippen molar-refractivity contribution in [3.8, 4) is 0 Å². The van der Waals surface area contributed by atoms with Crippen molar-refractivity contribution >= 4 is 28.2 Å². The van der Waals surface area contributed by atoms with Crippen LogP contribution in [0.15, 0.2) is 54.7 Å². The molecule has 0 saturated carbocycles. The van der Waals surface area contributed by atoms with E-state index < -0.39 is 5.82 Å². The minimum atomic E-state index is -0.409. The van der Waals surface area contributed by atoms with E-state index in [9.17, 15) is 9.18 Å². The monoisotopic (exact) mass is 281 g/mol. The van der Waals surface area contributed by atoms with Crippen LogP contribution in [0.5, 0.6) is 0 Å². The van der Waals surface area contributed by atoms with Gasteiger partial charge in [-0.25, -0.2) is 9.37 Å². The van der Waals surface area contributed by atoms with Crippen LogP contribution >= 0.6 is 0 Å². The summed E-state index contributed by atoms with van der Waals surface area (Å²) in [5, 5.41) is 4.07. The number of nitrogens with two attached hydrogens (primary N) is 1. The molecule has 3 N–H and O–H groups in total. The molecule has 21 heavy (non-hydrogen) atoms. The fraction of sp³-hybridized carbons (Fsp3) is 0. The molecule has 2 aromatic carbocycles. The van der Waals surface area contributed by atoms with Gasteiger partial charge in [0.15, 0.2) is 0 Å². The van der Waals surface area contributed by atoms with Gasteiger partial charge in [0.2, 0.25) is 0 Å². The van der Waals surface area contributed by atoms with Crippen LogP contribution in [-0.4, -0.2) is 10.9 Å². The Morgan fingerprint density at radius 1 is 1.10 bits per heavy atom. The molecule has 0 atom stereocenters. The van der Waals surface area contributed by atoms with E-state index in [2.05, 4.69) is 10.3 Å². The summed E-state index contributed by atoms with van der Waals surface area (Å²) < 4.78 is 13.1. The lowest BCUT2D eigenvalue weighted by Crippen LogP contribution is -2.13. The van der Waals surface area contributed by atoms with E-state index in [1.807, 2.05) is 12.1 Å². The molecule has 1 amide bonds. The summed E-state index contributed by atoms with van der Waals surface area (Å²) in [5.41, 5.74) is 6.59. The summed E-state index contributed by atoms with van der Waals surface area (Å²) >= 11 is 0. The van der Waals surface area contributed by atoms with Crippen molar-refractivity contribution in [2.24, 2.45) is 0 Å². The third-order valence-electron chi connectivity index (χ3n) is 3.15. The SMILES string of the molecule is Nc1ncc(C(=O)Nc2cccc(F)c2)c2ccccc12. The van der Waals surface area contributed by atoms with Gasteiger partial charge in [-0.3, -0.25) is 4.79 Å². The number of nitrogens with one attached hydrogen (secondary N) is 1. The normalized spacial score (nSPS) is 10.5. The van der Waals surface area contributed by atoms with Crippen molar-refractivity contribution in [1.29, 1.82) is 0 Å². The Kier molecular flexibility index (Phi) is 3.23. The molecule has 0 radical (unpaired) electrons. The van der Waals surface area contributed by atoms with E-state index in [1.54, 1.807) is 18.2 Å². The molecular formula is C16H12FN3O. The molecule has 0 bridgehead atoms. The van der Waals surface area contributed by atoms with Crippen LogP contribution in [0.3, 0.4) is 0 Å². The van der Waals surface area contributed by atoms with Crippen LogP contribution in [0.2, 0.25) is 0 Å². The molecule has 0 aliphatic rings. The van der Waals surface area contributed by atoms with Gasteiger partial charge in [0.1, 0.15) is 11.6 Å². The van der Waals surface area contributed by atoms with Gasteiger partial charge in [-0.15, -0.1) is 0 Å². The van der Waals surface area contributed by atoms with Crippen molar-refractivity contribution in [2.45, 2.75) is 0 Å². The number of halogens is 1. The minimum absolute atomic E-state index is 0.357. The van der Waals surface area contributed by atoms with Gasteiger partial charge in [0, 0.05) is 17.3 Å². The van der Waals surface area contributed by atoms with Crippen molar-refractivity contribution in [2.75, 3.05) is 11.1 Å². The predicted molar refractivity (Wildman–Crippen MR) is 80.5 cm³/mol. The number of benzene rings is 2. The lowest BCUT2D eigenvalue weighted by Gasteiger charge is -2.09. The highest BCUT2D eigenvalue weighted by Crippen LogP contribution is 2.23. The van der Waals surface area contributed by atoms with Crippen molar-refractivity contribution in [1.82, 2.24) is 4.98 Å². The fourth-order valence-corrected chi connectivity index (χ4v) is 2.16. The molecular weight excluding hydrogens is 269 g/mol. The zero-order valence-corrected chi connectivity index (χ0v) is 11.0. The summed E-state index contributed by atoms with van der Waals surface area (Å²) in [5.74, 6) is -0.398. The first-order valence-corrected chi connectivity index (χ1v) is 6.35. The molecule has 3 rings (SSSR count). The van der Waals surface area contributed by atoms with Crippen LogP contribution in [-0.2, 0) is 0 Å². The maximum absolute atomic E-state index is 13.1. The van der Waals surface area contributed by atoms with Crippen molar-refractivity contribution < 1.29 is 9.18 Å². The molecule has 1 heterocycles. The number of carbonyl (C=O) groups excluding carboxylic acids is 1. The van der Waals surface area contributed by atoms with Crippen LogP contribution in [0.1, 0.15) is 10.4 Å². The summed E-state index contributed by atoms with van der Waals surface area (Å²) in [7, 11) is 0. The number of hydrogen-bond acceptors (Lipinski definition) is 3. The summed E-state index contributed by atoms with van der Waals surface area (Å²) in [6.45, 7) is 0. The molecule has 0 unspecified atom stereocenters. The van der Waals surface area contributed by atoms with E-state index >= 15 is 0 Å². The van der Waals surface area contributed by atoms with Crippen LogP contribution in [0.25, 0.3) is 10.8 Å². The fourth-order valence-electron chi connectivity index (χ4n) is 2.16. The zero-order chi connectivity index (χ0) is 14.8. The zero-order valence-electron chi connectivity index (χ0n) is 11.0. The Balaban J connectivity index is 2.01. The molecule has 0 fully saturated rings. The first kappa shape index (κ1) is 13.1. The topological polar surface area (TPSA) is 68.0 Å². The van der Waals surface area contributed by atoms with Crippen LogP contribution in [0.4, 0.5) is 15.9 Å². The van der Waals surface area contributed by atoms with Gasteiger partial charge < -0.3 is 11.1 Å². The van der Waals surface area contributed by atoms with E-state index in [-0.39, 0.29) is 5.91 Å². The number of carbonyl (C=O) groups is 1. The third-order valence-corrected chi connectivity index (χ3v) is 3.15. The van der Waals surface area contributed by atoms with Crippen molar-refractivity contribution in [3.63, 3.8) is 0 Å². The molecule has 0 aliphatic heterocycles. The molecule has 5 heteroatoms. The number of nitrogens with zero attached hydrogens (tertiary/aromatic N) is 1. The molecule has 1 aromatic heterocycles. The van der Waals surface area contributed by atoms with E-state index in [4.69, 9.17) is 5.73 Å². The highest BCUT2D eigenvalue weighted by molar-refractivity contribution is 6.14. The lowest BCUT2D eigenvalue weighted by molar-refractivity contribution is 0.102. The maximum atomic E-state index is 13.1. The Labute approximate surface area is 120 Å². The summed E-state index contributed by atoms with van der Waals surface area (Å²) in [6.07, 6.45) is 1.42. The summed E-state index contributed by atoms with van der Waals surface area (Å²) in [4.78, 5) is 16.4. The van der Waals surface area contributed by atoms with Gasteiger partial charge in [-0.05, 0) is 23.6 Å². The van der Waals surface area contributed by atoms with Gasteiger partial charge >= 0.3 is 0 Å². The maximum Gasteiger partial charge on any atom is 0.257 e. The number of nitrogen functional groups attached to an aromatic ring is 1. The number of amides is 1. The van der Waals surface area contributed by atoms with E-state index in [1.165, 1.54) is 24.4 Å². The average molecular weight is 281 g/mol. The molecule has 4 nitrogen and oxygen atoms in total. The Morgan fingerprint density at radius 2 is 1.86 bits per heavy atom. The highest BCUT2D eigenvalue weighted by atomic mass is 19.1. The minimum Gasteiger partial charge on any atom is -0.383 e. The Morgan fingerprint density at radius 3 is 2.62 bits per heavy atom. The van der Waals surface area contributed by atoms with Crippen LogP contribution in [0, 0.1) is 5.82 Å². The smallest absolute Gasteiger partial charge is 0.257 e. The average Bonchev–Trinajstić information content (AvgIpc) is 2.48. The second-order valence-electron chi connectivity index (χ2n) is 4.57. The number of fused-ring (bicyclic) bond motifs is 1. The Hall–Kier alpha value is -2.95. The predicted octanol–water partition coefficient (Wildman–Crippen LogP) is 3.21. The molecule has 0 saturated heterocycles. The van der Waals surface area contributed by atoms with Gasteiger partial charge in [-0.2, -0.15) is 0 Å². The molecule has 3 aromatic rings. The quantitative estimate of drug-likeness (QED) is 0.758. The second kappa shape index (κ2) is 5.20. The molecule has 104 valence electrons. The number of rotatable bonds is 2. The standard InChI is InChI=1S/C16H12FN3O/c17-10-4-3-5-11(8-10)20-16(21)14-9-19-15(18)13-7-2-1-6-12(13)14/h1-9H,(H2,18,19)(H,20,21). The number of anilines is 2. The van der Waals surface area contributed by atoms with E-state index in [0.717, 1.165) is 0 Å². The molecule has 0 spiro atoms. The van der Waals surface area contributed by atoms with Gasteiger partial charge in [0.25, 0.3) is 5.91 Å². The third kappa shape index (κ3) is 2.53. The lowest BCUT2D eigenvalue weighted by atomic mass is 10.1. The summed E-state index contributed by atoms with van der Waals surface area (Å²) in [6, 6.07) is 13.0. The number of pyridine rings is 1. The second-order valence-corrected chi connectivity index (χ2v) is 4.57. The largest absolute Gasteiger partial charge is 0.383 e. The number of aromatic nitrogens is 1. The van der Waals surface area contributed by atoms with Gasteiger partial charge in [0.05, 0.1) is 5.56 Å². The highest BCUT2D eigenvalue weighted by Gasteiger charge is 2.12. The van der Waals surface area contributed by atoms with Crippen LogP contribution < -0.4 is 11.1 Å². The first-order chi connectivity index (χ1) is 10.1. The first-order valence-electron chi connectivity index (χ1n) is 6.35. The van der Waals surface area contributed by atoms with Gasteiger partial charge in [-0.1, -0.05) is 30.3 Å².